The van der Waals surface area contributed by atoms with E-state index < -0.39 is 10.0 Å². The molecule has 0 aromatic carbocycles. The van der Waals surface area contributed by atoms with Crippen molar-refractivity contribution in [1.29, 1.82) is 0 Å². The van der Waals surface area contributed by atoms with Gasteiger partial charge in [0.1, 0.15) is 4.21 Å². The third kappa shape index (κ3) is 2.88. The van der Waals surface area contributed by atoms with Crippen molar-refractivity contribution in [1.82, 2.24) is 4.31 Å². The van der Waals surface area contributed by atoms with Gasteiger partial charge in [-0.25, -0.2) is 8.42 Å². The minimum absolute atomic E-state index is 0.0367. The summed E-state index contributed by atoms with van der Waals surface area (Å²) in [6.07, 6.45) is 3.61. The number of sulfonamides is 1. The van der Waals surface area contributed by atoms with Crippen LogP contribution in [0.2, 0.25) is 4.34 Å². The summed E-state index contributed by atoms with van der Waals surface area (Å²) in [5, 5.41) is 0. The summed E-state index contributed by atoms with van der Waals surface area (Å²) in [5.74, 6) is 0. The van der Waals surface area contributed by atoms with Crippen molar-refractivity contribution >= 4 is 33.0 Å². The molecule has 2 N–H and O–H groups in total. The molecular weight excluding hydrogens is 292 g/mol. The van der Waals surface area contributed by atoms with Gasteiger partial charge in [0, 0.05) is 12.6 Å². The first-order valence-corrected chi connectivity index (χ1v) is 8.66. The van der Waals surface area contributed by atoms with E-state index in [9.17, 15) is 8.42 Å². The van der Waals surface area contributed by atoms with Crippen molar-refractivity contribution in [3.8, 4) is 0 Å². The van der Waals surface area contributed by atoms with Gasteiger partial charge in [-0.1, -0.05) is 18.0 Å². The Morgan fingerprint density at radius 1 is 1.44 bits per heavy atom. The summed E-state index contributed by atoms with van der Waals surface area (Å²) in [7, 11) is -3.40. The van der Waals surface area contributed by atoms with E-state index in [0.29, 0.717) is 21.6 Å². The molecular formula is C11H17ClN2O2S2. The number of thiophene rings is 1. The lowest BCUT2D eigenvalue weighted by Crippen LogP contribution is -2.44. The predicted octanol–water partition coefficient (Wildman–Crippen LogP) is 2.29. The second-order valence-electron chi connectivity index (χ2n) is 4.40. The minimum atomic E-state index is -3.40. The average Bonchev–Trinajstić information content (AvgIpc) is 2.78. The van der Waals surface area contributed by atoms with Crippen molar-refractivity contribution < 1.29 is 8.42 Å². The Bertz CT molecular complexity index is 499. The van der Waals surface area contributed by atoms with Gasteiger partial charge in [-0.3, -0.25) is 0 Å². The number of nitrogens with two attached hydrogens (primary N) is 1. The normalized spacial score (nSPS) is 22.2. The first-order valence-electron chi connectivity index (χ1n) is 6.03. The number of rotatable bonds is 4. The number of hydrogen-bond donors (Lipinski definition) is 1. The molecule has 2 heterocycles. The molecule has 102 valence electrons. The Kier molecular flexibility index (Phi) is 4.66. The van der Waals surface area contributed by atoms with E-state index in [1.807, 2.05) is 0 Å². The molecule has 0 aliphatic carbocycles. The van der Waals surface area contributed by atoms with Crippen molar-refractivity contribution in [3.05, 3.63) is 16.5 Å². The molecule has 4 nitrogen and oxygen atoms in total. The minimum Gasteiger partial charge on any atom is -0.330 e. The van der Waals surface area contributed by atoms with Crippen molar-refractivity contribution in [2.75, 3.05) is 13.1 Å². The summed E-state index contributed by atoms with van der Waals surface area (Å²) >= 11 is 6.93. The maximum absolute atomic E-state index is 12.5. The fourth-order valence-corrected chi connectivity index (χ4v) is 5.66. The van der Waals surface area contributed by atoms with Gasteiger partial charge < -0.3 is 5.73 Å². The molecule has 0 saturated carbocycles. The molecule has 1 aliphatic rings. The van der Waals surface area contributed by atoms with Crippen LogP contribution >= 0.6 is 22.9 Å². The Morgan fingerprint density at radius 2 is 2.22 bits per heavy atom. The molecule has 1 aromatic heterocycles. The number of hydrogen-bond acceptors (Lipinski definition) is 4. The van der Waals surface area contributed by atoms with Gasteiger partial charge in [0.2, 0.25) is 0 Å². The van der Waals surface area contributed by atoms with Gasteiger partial charge in [0.25, 0.3) is 10.0 Å². The first-order chi connectivity index (χ1) is 8.55. The highest BCUT2D eigenvalue weighted by Crippen LogP contribution is 2.32. The fourth-order valence-electron chi connectivity index (χ4n) is 2.32. The number of halogens is 1. The van der Waals surface area contributed by atoms with E-state index >= 15 is 0 Å². The highest BCUT2D eigenvalue weighted by atomic mass is 35.5. The van der Waals surface area contributed by atoms with E-state index in [2.05, 4.69) is 0 Å². The Hall–Kier alpha value is -0.140. The zero-order chi connectivity index (χ0) is 13.2. The fraction of sp³-hybridized carbons (Fsp3) is 0.636. The summed E-state index contributed by atoms with van der Waals surface area (Å²) < 4.78 is 27.5. The second-order valence-corrected chi connectivity index (χ2v) is 8.23. The molecule has 0 amide bonds. The SMILES string of the molecule is NCCC1CCCCN1S(=O)(=O)c1ccc(Cl)s1. The highest BCUT2D eigenvalue weighted by Gasteiger charge is 2.33. The van der Waals surface area contributed by atoms with E-state index in [1.54, 1.807) is 16.4 Å². The molecule has 1 aliphatic heterocycles. The molecule has 2 rings (SSSR count). The monoisotopic (exact) mass is 308 g/mol. The molecule has 1 atom stereocenters. The average molecular weight is 309 g/mol. The van der Waals surface area contributed by atoms with Gasteiger partial charge in [-0.05, 0) is 37.9 Å². The molecule has 0 radical (unpaired) electrons. The van der Waals surface area contributed by atoms with Gasteiger partial charge in [-0.15, -0.1) is 11.3 Å². The zero-order valence-corrected chi connectivity index (χ0v) is 12.4. The van der Waals surface area contributed by atoms with Crippen molar-refractivity contribution in [3.63, 3.8) is 0 Å². The number of nitrogens with zero attached hydrogens (tertiary/aromatic N) is 1. The quantitative estimate of drug-likeness (QED) is 0.928. The molecule has 1 saturated heterocycles. The van der Waals surface area contributed by atoms with Gasteiger partial charge >= 0.3 is 0 Å². The van der Waals surface area contributed by atoms with Crippen LogP contribution in [-0.4, -0.2) is 31.9 Å². The molecule has 0 bridgehead atoms. The molecule has 18 heavy (non-hydrogen) atoms. The van der Waals surface area contributed by atoms with E-state index in [1.165, 1.54) is 0 Å². The standard InChI is InChI=1S/C11H17ClN2O2S2/c12-10-4-5-11(17-10)18(15,16)14-8-2-1-3-9(14)6-7-13/h4-5,9H,1-3,6-8,13H2. The van der Waals surface area contributed by atoms with Crippen LogP contribution in [-0.2, 0) is 10.0 Å². The van der Waals surface area contributed by atoms with Gasteiger partial charge in [0.05, 0.1) is 4.34 Å². The molecule has 7 heteroatoms. The van der Waals surface area contributed by atoms with Crippen LogP contribution < -0.4 is 5.73 Å². The summed E-state index contributed by atoms with van der Waals surface area (Å²) in [6, 6.07) is 3.24. The van der Waals surface area contributed by atoms with Crippen LogP contribution in [0, 0.1) is 0 Å². The second kappa shape index (κ2) is 5.88. The third-order valence-corrected chi connectivity index (χ3v) is 6.83. The Labute approximate surface area is 117 Å². The van der Waals surface area contributed by atoms with Crippen LogP contribution in [0.5, 0.6) is 0 Å². The molecule has 1 fully saturated rings. The van der Waals surface area contributed by atoms with Crippen LogP contribution in [0.25, 0.3) is 0 Å². The van der Waals surface area contributed by atoms with Crippen LogP contribution in [0.15, 0.2) is 16.3 Å². The first kappa shape index (κ1) is 14.3. The molecule has 1 unspecified atom stereocenters. The summed E-state index contributed by atoms with van der Waals surface area (Å²) in [6.45, 7) is 1.10. The smallest absolute Gasteiger partial charge is 0.252 e. The lowest BCUT2D eigenvalue weighted by molar-refractivity contribution is 0.243. The Balaban J connectivity index is 2.27. The van der Waals surface area contributed by atoms with E-state index in [-0.39, 0.29) is 6.04 Å². The van der Waals surface area contributed by atoms with E-state index in [4.69, 9.17) is 17.3 Å². The molecule has 1 aromatic rings. The maximum Gasteiger partial charge on any atom is 0.252 e. The Morgan fingerprint density at radius 3 is 2.83 bits per heavy atom. The predicted molar refractivity (Wildman–Crippen MR) is 74.5 cm³/mol. The maximum atomic E-state index is 12.5. The topological polar surface area (TPSA) is 63.4 Å². The van der Waals surface area contributed by atoms with Crippen LogP contribution in [0.1, 0.15) is 25.7 Å². The largest absolute Gasteiger partial charge is 0.330 e. The van der Waals surface area contributed by atoms with Crippen molar-refractivity contribution in [2.45, 2.75) is 35.9 Å². The third-order valence-electron chi connectivity index (χ3n) is 3.18. The van der Waals surface area contributed by atoms with Crippen LogP contribution in [0.3, 0.4) is 0 Å². The zero-order valence-electron chi connectivity index (χ0n) is 10.0. The lowest BCUT2D eigenvalue weighted by atomic mass is 10.0. The summed E-state index contributed by atoms with van der Waals surface area (Å²) in [5.41, 5.74) is 5.57. The van der Waals surface area contributed by atoms with Crippen molar-refractivity contribution in [2.24, 2.45) is 5.73 Å². The van der Waals surface area contributed by atoms with E-state index in [0.717, 1.165) is 37.0 Å². The summed E-state index contributed by atoms with van der Waals surface area (Å²) in [4.78, 5) is 0. The lowest BCUT2D eigenvalue weighted by Gasteiger charge is -2.34. The molecule has 0 spiro atoms. The highest BCUT2D eigenvalue weighted by molar-refractivity contribution is 7.91. The number of piperidine rings is 1. The van der Waals surface area contributed by atoms with Gasteiger partial charge in [-0.2, -0.15) is 4.31 Å². The van der Waals surface area contributed by atoms with Gasteiger partial charge in [0.15, 0.2) is 0 Å². The van der Waals surface area contributed by atoms with Crippen LogP contribution in [0.4, 0.5) is 0 Å².